The maximum atomic E-state index is 12.4. The summed E-state index contributed by atoms with van der Waals surface area (Å²) < 4.78 is 28.7. The number of sulfonamides is 1. The first-order valence-electron chi connectivity index (χ1n) is 5.67. The average Bonchev–Trinajstić information content (AvgIpc) is 2.43. The van der Waals surface area contributed by atoms with Gasteiger partial charge in [0.25, 0.3) is 10.0 Å². The Morgan fingerprint density at radius 2 is 1.86 bits per heavy atom. The van der Waals surface area contributed by atoms with Crippen LogP contribution in [0.3, 0.4) is 0 Å². The zero-order valence-corrected chi connectivity index (χ0v) is 15.3. The standard InChI is InChI=1S/C13H10Br2N2O2S2/c14-9-4-5-11(15)12(7-9)17-21(18,19)10-3-1-2-8(6-10)13(16)20/h1-7,17H,(H2,16,20). The second-order valence-electron chi connectivity index (χ2n) is 4.12. The van der Waals surface area contributed by atoms with Crippen molar-refractivity contribution in [2.45, 2.75) is 4.90 Å². The van der Waals surface area contributed by atoms with Crippen molar-refractivity contribution in [3.8, 4) is 0 Å². The van der Waals surface area contributed by atoms with E-state index < -0.39 is 10.0 Å². The van der Waals surface area contributed by atoms with Crippen LogP contribution in [0.15, 0.2) is 56.3 Å². The molecule has 3 N–H and O–H groups in total. The molecular weight excluding hydrogens is 440 g/mol. The normalized spacial score (nSPS) is 11.1. The molecule has 0 atom stereocenters. The third-order valence-electron chi connectivity index (χ3n) is 2.60. The molecule has 2 rings (SSSR count). The number of anilines is 1. The van der Waals surface area contributed by atoms with E-state index in [0.29, 0.717) is 15.7 Å². The predicted molar refractivity (Wildman–Crippen MR) is 95.0 cm³/mol. The maximum Gasteiger partial charge on any atom is 0.261 e. The molecule has 0 amide bonds. The SMILES string of the molecule is NC(=S)c1cccc(S(=O)(=O)Nc2cc(Br)ccc2Br)c1. The molecule has 0 heterocycles. The van der Waals surface area contributed by atoms with Gasteiger partial charge in [0.1, 0.15) is 4.99 Å². The van der Waals surface area contributed by atoms with E-state index >= 15 is 0 Å². The van der Waals surface area contributed by atoms with Crippen LogP contribution in [0.5, 0.6) is 0 Å². The second-order valence-corrected chi connectivity index (χ2v) is 8.01. The van der Waals surface area contributed by atoms with Gasteiger partial charge in [0.05, 0.1) is 10.6 Å². The Bertz CT molecular complexity index is 808. The molecule has 4 nitrogen and oxygen atoms in total. The smallest absolute Gasteiger partial charge is 0.261 e. The van der Waals surface area contributed by atoms with Gasteiger partial charge in [0.15, 0.2) is 0 Å². The van der Waals surface area contributed by atoms with Gasteiger partial charge < -0.3 is 5.73 Å². The lowest BCUT2D eigenvalue weighted by molar-refractivity contribution is 0.601. The molecule has 2 aromatic rings. The quantitative estimate of drug-likeness (QED) is 0.698. The zero-order chi connectivity index (χ0) is 15.6. The van der Waals surface area contributed by atoms with E-state index in [4.69, 9.17) is 18.0 Å². The first kappa shape index (κ1) is 16.4. The van der Waals surface area contributed by atoms with Crippen molar-refractivity contribution in [2.75, 3.05) is 4.72 Å². The second kappa shape index (κ2) is 6.43. The van der Waals surface area contributed by atoms with Crippen LogP contribution in [-0.4, -0.2) is 13.4 Å². The van der Waals surface area contributed by atoms with Gasteiger partial charge in [0.2, 0.25) is 0 Å². The van der Waals surface area contributed by atoms with Crippen LogP contribution in [-0.2, 0) is 10.0 Å². The van der Waals surface area contributed by atoms with E-state index in [0.717, 1.165) is 4.47 Å². The van der Waals surface area contributed by atoms with Gasteiger partial charge in [-0.05, 0) is 46.3 Å². The van der Waals surface area contributed by atoms with Gasteiger partial charge in [-0.3, -0.25) is 4.72 Å². The first-order chi connectivity index (χ1) is 9.79. The third kappa shape index (κ3) is 4.03. The highest BCUT2D eigenvalue weighted by atomic mass is 79.9. The van der Waals surface area contributed by atoms with E-state index in [1.807, 2.05) is 0 Å². The minimum atomic E-state index is -3.72. The number of halogens is 2. The van der Waals surface area contributed by atoms with E-state index in [-0.39, 0.29) is 9.88 Å². The Balaban J connectivity index is 2.41. The van der Waals surface area contributed by atoms with Crippen molar-refractivity contribution in [1.82, 2.24) is 0 Å². The van der Waals surface area contributed by atoms with Gasteiger partial charge in [-0.25, -0.2) is 8.42 Å². The lowest BCUT2D eigenvalue weighted by Crippen LogP contribution is -2.15. The molecule has 0 fully saturated rings. The predicted octanol–water partition coefficient (Wildman–Crippen LogP) is 3.65. The van der Waals surface area contributed by atoms with Crippen molar-refractivity contribution in [3.05, 3.63) is 57.0 Å². The van der Waals surface area contributed by atoms with Gasteiger partial charge >= 0.3 is 0 Å². The Hall–Kier alpha value is -0.960. The maximum absolute atomic E-state index is 12.4. The number of nitrogens with two attached hydrogens (primary N) is 1. The van der Waals surface area contributed by atoms with Crippen LogP contribution in [0.4, 0.5) is 5.69 Å². The molecule has 0 saturated heterocycles. The lowest BCUT2D eigenvalue weighted by Gasteiger charge is -2.11. The molecule has 0 saturated carbocycles. The minimum absolute atomic E-state index is 0.0969. The highest BCUT2D eigenvalue weighted by Crippen LogP contribution is 2.28. The summed E-state index contributed by atoms with van der Waals surface area (Å²) in [6.45, 7) is 0. The largest absolute Gasteiger partial charge is 0.389 e. The van der Waals surface area contributed by atoms with Crippen LogP contribution >= 0.6 is 44.1 Å². The molecule has 0 aliphatic carbocycles. The summed E-state index contributed by atoms with van der Waals surface area (Å²) in [5.74, 6) is 0. The van der Waals surface area contributed by atoms with Gasteiger partial charge in [-0.1, -0.05) is 40.3 Å². The molecule has 110 valence electrons. The monoisotopic (exact) mass is 448 g/mol. The van der Waals surface area contributed by atoms with Crippen LogP contribution in [0.1, 0.15) is 5.56 Å². The Kier molecular flexibility index (Phi) is 5.03. The number of hydrogen-bond donors (Lipinski definition) is 2. The molecule has 0 spiro atoms. The van der Waals surface area contributed by atoms with Gasteiger partial charge in [0, 0.05) is 14.5 Å². The molecule has 0 unspecified atom stereocenters. The summed E-state index contributed by atoms with van der Waals surface area (Å²) in [5.41, 5.74) is 6.46. The van der Waals surface area contributed by atoms with Gasteiger partial charge in [-0.15, -0.1) is 0 Å². The highest BCUT2D eigenvalue weighted by Gasteiger charge is 2.16. The topological polar surface area (TPSA) is 72.2 Å². The molecule has 21 heavy (non-hydrogen) atoms. The van der Waals surface area contributed by atoms with Crippen LogP contribution in [0, 0.1) is 0 Å². The third-order valence-corrected chi connectivity index (χ3v) is 5.39. The van der Waals surface area contributed by atoms with E-state index in [1.165, 1.54) is 12.1 Å². The van der Waals surface area contributed by atoms with Crippen LogP contribution in [0.2, 0.25) is 0 Å². The van der Waals surface area contributed by atoms with Crippen molar-refractivity contribution in [2.24, 2.45) is 5.73 Å². The fourth-order valence-corrected chi connectivity index (χ4v) is 3.68. The Morgan fingerprint density at radius 3 is 2.52 bits per heavy atom. The number of hydrogen-bond acceptors (Lipinski definition) is 3. The van der Waals surface area contributed by atoms with Crippen LogP contribution < -0.4 is 10.5 Å². The van der Waals surface area contributed by atoms with Crippen molar-refractivity contribution in [3.63, 3.8) is 0 Å². The summed E-state index contributed by atoms with van der Waals surface area (Å²) in [4.78, 5) is 0.246. The van der Waals surface area contributed by atoms with Crippen LogP contribution in [0.25, 0.3) is 0 Å². The fraction of sp³-hybridized carbons (Fsp3) is 0. The Morgan fingerprint density at radius 1 is 1.14 bits per heavy atom. The average molecular weight is 450 g/mol. The molecule has 2 aromatic carbocycles. The summed E-state index contributed by atoms with van der Waals surface area (Å²) in [6, 6.07) is 11.4. The molecule has 0 bridgehead atoms. The molecule has 0 aliphatic heterocycles. The number of benzene rings is 2. The fourth-order valence-electron chi connectivity index (χ4n) is 1.60. The molecule has 0 aromatic heterocycles. The van der Waals surface area contributed by atoms with Crippen molar-refractivity contribution < 1.29 is 8.42 Å². The molecular formula is C13H10Br2N2O2S2. The van der Waals surface area contributed by atoms with E-state index in [2.05, 4.69) is 36.6 Å². The lowest BCUT2D eigenvalue weighted by atomic mass is 10.2. The zero-order valence-electron chi connectivity index (χ0n) is 10.5. The summed E-state index contributed by atoms with van der Waals surface area (Å²) in [5, 5.41) is 0. The summed E-state index contributed by atoms with van der Waals surface area (Å²) in [7, 11) is -3.72. The summed E-state index contributed by atoms with van der Waals surface area (Å²) in [6.07, 6.45) is 0. The molecule has 0 radical (unpaired) electrons. The summed E-state index contributed by atoms with van der Waals surface area (Å²) >= 11 is 11.5. The number of rotatable bonds is 4. The van der Waals surface area contributed by atoms with Crippen molar-refractivity contribution in [1.29, 1.82) is 0 Å². The molecule has 0 aliphatic rings. The number of thiocarbonyl (C=S) groups is 1. The minimum Gasteiger partial charge on any atom is -0.389 e. The first-order valence-corrected chi connectivity index (χ1v) is 9.15. The highest BCUT2D eigenvalue weighted by molar-refractivity contribution is 9.11. The van der Waals surface area contributed by atoms with Gasteiger partial charge in [-0.2, -0.15) is 0 Å². The van der Waals surface area contributed by atoms with Crippen molar-refractivity contribution >= 4 is 64.8 Å². The van der Waals surface area contributed by atoms with E-state index in [1.54, 1.807) is 30.3 Å². The number of nitrogens with one attached hydrogen (secondary N) is 1. The van der Waals surface area contributed by atoms with E-state index in [9.17, 15) is 8.42 Å². The Labute approximate surface area is 145 Å². The molecule has 8 heteroatoms.